The summed E-state index contributed by atoms with van der Waals surface area (Å²) < 4.78 is 0. The minimum Gasteiger partial charge on any atom is -0.377 e. The molecule has 19 heteroatoms. The summed E-state index contributed by atoms with van der Waals surface area (Å²) in [6, 6.07) is 17.7. The summed E-state index contributed by atoms with van der Waals surface area (Å²) in [6.45, 7) is 4.89. The molecule has 6 amide bonds. The quantitative estimate of drug-likeness (QED) is 0.0380. The van der Waals surface area contributed by atoms with Crippen LogP contribution in [0.2, 0.25) is 0 Å². The lowest BCUT2D eigenvalue weighted by atomic mass is 10.0. The van der Waals surface area contributed by atoms with E-state index in [0.717, 1.165) is 37.9 Å². The molecule has 0 saturated heterocycles. The van der Waals surface area contributed by atoms with Crippen LogP contribution in [0.3, 0.4) is 0 Å². The summed E-state index contributed by atoms with van der Waals surface area (Å²) in [5.41, 5.74) is 19.5. The highest BCUT2D eigenvalue weighted by molar-refractivity contribution is 5.95. The number of hydrogen-bond donors (Lipinski definition) is 11. The number of aliphatic hydroxyl groups excluding tert-OH is 1. The van der Waals surface area contributed by atoms with Gasteiger partial charge in [0.2, 0.25) is 17.7 Å². The number of aromatic nitrogens is 4. The van der Waals surface area contributed by atoms with E-state index in [-0.39, 0.29) is 45.2 Å². The van der Waals surface area contributed by atoms with Crippen molar-refractivity contribution < 1.29 is 29.1 Å². The van der Waals surface area contributed by atoms with Crippen molar-refractivity contribution in [3.05, 3.63) is 139 Å². The van der Waals surface area contributed by atoms with Crippen LogP contribution in [-0.2, 0) is 44.9 Å². The Balaban J connectivity index is 1.22. The summed E-state index contributed by atoms with van der Waals surface area (Å²) >= 11 is 0. The molecule has 13 N–H and O–H groups in total. The minimum atomic E-state index is -1.39. The van der Waals surface area contributed by atoms with Crippen LogP contribution in [0.1, 0.15) is 41.6 Å². The Kier molecular flexibility index (Phi) is 17.5. The number of fused-ring (bicyclic) bond motifs is 2. The number of hydrazine groups is 1. The first-order valence-corrected chi connectivity index (χ1v) is 23.3. The summed E-state index contributed by atoms with van der Waals surface area (Å²) in [7, 11) is 0. The van der Waals surface area contributed by atoms with Gasteiger partial charge >= 0.3 is 6.03 Å². The summed E-state index contributed by atoms with van der Waals surface area (Å²) in [5, 5.41) is 25.5. The van der Waals surface area contributed by atoms with Gasteiger partial charge in [-0.15, -0.1) is 6.58 Å². The number of aliphatic hydroxyl groups is 1. The molecule has 0 radical (unpaired) electrons. The number of para-hydroxylation sites is 2. The van der Waals surface area contributed by atoms with E-state index in [2.05, 4.69) is 65.0 Å². The predicted molar refractivity (Wildman–Crippen MR) is 266 cm³/mol. The molecule has 366 valence electrons. The number of nitrogens with two attached hydrogens (primary N) is 2. The number of carbonyl (C=O) groups is 5. The summed E-state index contributed by atoms with van der Waals surface area (Å²) in [4.78, 5) is 86.5. The first-order valence-electron chi connectivity index (χ1n) is 23.3. The number of benzene rings is 3. The molecular weight excluding hydrogens is 891 g/mol. The molecule has 0 bridgehead atoms. The van der Waals surface area contributed by atoms with Gasteiger partial charge in [-0.2, -0.15) is 0 Å². The molecule has 1 aliphatic heterocycles. The Morgan fingerprint density at radius 3 is 2.19 bits per heavy atom. The maximum Gasteiger partial charge on any atom is 0.337 e. The average Bonchev–Trinajstić information content (AvgIpc) is 4.13. The van der Waals surface area contributed by atoms with Crippen LogP contribution in [0.4, 0.5) is 4.79 Å². The minimum absolute atomic E-state index is 0.0414. The van der Waals surface area contributed by atoms with Gasteiger partial charge in [-0.05, 0) is 61.1 Å². The maximum atomic E-state index is 14.8. The second-order valence-electron chi connectivity index (χ2n) is 17.4. The molecule has 0 saturated carbocycles. The second kappa shape index (κ2) is 24.5. The third-order valence-corrected chi connectivity index (χ3v) is 12.3. The van der Waals surface area contributed by atoms with Gasteiger partial charge in [-0.3, -0.25) is 34.8 Å². The van der Waals surface area contributed by atoms with Gasteiger partial charge in [0.1, 0.15) is 30.9 Å². The molecule has 1 aliphatic rings. The number of primary amides is 1. The molecule has 7 rings (SSSR count). The normalized spacial score (nSPS) is 19.3. The smallest absolute Gasteiger partial charge is 0.337 e. The van der Waals surface area contributed by atoms with Crippen LogP contribution < -0.4 is 38.2 Å². The molecule has 0 aliphatic carbocycles. The Hall–Kier alpha value is -7.76. The summed E-state index contributed by atoms with van der Waals surface area (Å²) in [6.07, 6.45) is 8.68. The maximum absolute atomic E-state index is 14.8. The molecule has 1 unspecified atom stereocenters. The van der Waals surface area contributed by atoms with Crippen LogP contribution in [0.5, 0.6) is 0 Å². The highest BCUT2D eigenvalue weighted by Crippen LogP contribution is 2.21. The van der Waals surface area contributed by atoms with Crippen molar-refractivity contribution in [2.75, 3.05) is 26.2 Å². The zero-order valence-corrected chi connectivity index (χ0v) is 38.8. The molecule has 0 fully saturated rings. The first-order chi connectivity index (χ1) is 33.9. The highest BCUT2D eigenvalue weighted by atomic mass is 16.3. The number of aromatic amines is 3. The SMILES string of the molecule is C=CCN1CC#CCN(NC(=O)[C@@H](Cc2c[nH]c3ccccc23)NC(O)[C@@H](N)Cc2cnc[nH]2)C(=O)N[C@@H](Cc2c[nH]c3ccccc23)C(=O)N[C@H](Cc2ccccc2)C(=O)N[C@H](C(N)=O)CCCC1. The van der Waals surface area contributed by atoms with Gasteiger partial charge < -0.3 is 47.5 Å². The van der Waals surface area contributed by atoms with E-state index >= 15 is 0 Å². The highest BCUT2D eigenvalue weighted by Gasteiger charge is 2.33. The molecule has 6 atom stereocenters. The third-order valence-electron chi connectivity index (χ3n) is 12.3. The Morgan fingerprint density at radius 2 is 1.49 bits per heavy atom. The second-order valence-corrected chi connectivity index (χ2v) is 17.4. The number of rotatable bonds is 16. The van der Waals surface area contributed by atoms with Crippen molar-refractivity contribution in [2.45, 2.75) is 81.4 Å². The van der Waals surface area contributed by atoms with Gasteiger partial charge in [0.15, 0.2) is 0 Å². The number of H-pyrrole nitrogens is 3. The van der Waals surface area contributed by atoms with E-state index in [4.69, 9.17) is 11.5 Å². The van der Waals surface area contributed by atoms with Crippen molar-refractivity contribution >= 4 is 51.5 Å². The molecule has 3 aromatic carbocycles. The van der Waals surface area contributed by atoms with Gasteiger partial charge in [-0.25, -0.2) is 14.8 Å². The van der Waals surface area contributed by atoms with Crippen LogP contribution >= 0.6 is 0 Å². The van der Waals surface area contributed by atoms with Gasteiger partial charge in [0.25, 0.3) is 5.91 Å². The van der Waals surface area contributed by atoms with E-state index in [9.17, 15) is 29.1 Å². The Bertz CT molecular complexity index is 2780. The Labute approximate surface area is 405 Å². The van der Waals surface area contributed by atoms with Gasteiger partial charge in [0, 0.05) is 77.9 Å². The zero-order valence-electron chi connectivity index (χ0n) is 38.8. The molecule has 4 heterocycles. The monoisotopic (exact) mass is 951 g/mol. The molecule has 70 heavy (non-hydrogen) atoms. The van der Waals surface area contributed by atoms with Crippen LogP contribution in [0, 0.1) is 11.8 Å². The lowest BCUT2D eigenvalue weighted by molar-refractivity contribution is -0.132. The van der Waals surface area contributed by atoms with Crippen molar-refractivity contribution in [3.8, 4) is 11.8 Å². The molecule has 6 aromatic rings. The number of urea groups is 1. The summed E-state index contributed by atoms with van der Waals surface area (Å²) in [5.74, 6) is 3.36. The van der Waals surface area contributed by atoms with Crippen LogP contribution in [0.15, 0.2) is 116 Å². The number of carbonyl (C=O) groups excluding carboxylic acids is 5. The fourth-order valence-electron chi connectivity index (χ4n) is 8.46. The molecular formula is C51H61N13O6. The number of amides is 6. The van der Waals surface area contributed by atoms with E-state index in [1.54, 1.807) is 24.7 Å². The topological polar surface area (TPSA) is 285 Å². The van der Waals surface area contributed by atoms with E-state index < -0.39 is 66.1 Å². The largest absolute Gasteiger partial charge is 0.377 e. The number of nitrogens with one attached hydrogen (secondary N) is 8. The van der Waals surface area contributed by atoms with Crippen molar-refractivity contribution in [2.24, 2.45) is 11.5 Å². The van der Waals surface area contributed by atoms with Gasteiger partial charge in [-0.1, -0.05) is 84.6 Å². The van der Waals surface area contributed by atoms with Crippen molar-refractivity contribution in [1.82, 2.24) is 56.5 Å². The lowest BCUT2D eigenvalue weighted by Gasteiger charge is -2.30. The Morgan fingerprint density at radius 1 is 0.829 bits per heavy atom. The molecule has 3 aromatic heterocycles. The van der Waals surface area contributed by atoms with E-state index in [1.165, 1.54) is 6.33 Å². The first kappa shape index (κ1) is 50.1. The number of nitrogens with zero attached hydrogens (tertiary/aromatic N) is 3. The standard InChI is InChI=1S/C51H61N13O6/c1-2-21-63-22-11-10-20-42(46(53)65)58-48(67)43(25-33-14-4-3-5-15-33)60-49(68)44(26-34-29-55-40-18-8-6-16-37(34)40)61-51(70)64(24-13-12-23-63)62-50(69)45(27-35-30-56-41-19-9-7-17-38(35)41)59-47(66)39(52)28-36-31-54-32-57-36/h2-9,14-19,29-32,39,42-45,47,55-56,59,66H,1,10-11,20-28,52H2,(H2,53,65)(H,54,57)(H,58,67)(H,60,68)(H,61,70)(H,62,69)/t39-,42-,43+,44-,45+,47?/m0/s1. The van der Waals surface area contributed by atoms with Crippen LogP contribution in [-0.4, -0.2) is 127 Å². The number of imidazole rings is 1. The fraction of sp³-hybridized carbons (Fsp3) is 0.333. The fourth-order valence-corrected chi connectivity index (χ4v) is 8.46. The zero-order chi connectivity index (χ0) is 49.4. The predicted octanol–water partition coefficient (Wildman–Crippen LogP) is 1.79. The molecule has 0 spiro atoms. The van der Waals surface area contributed by atoms with Crippen molar-refractivity contribution in [1.29, 1.82) is 0 Å². The lowest BCUT2D eigenvalue weighted by Crippen LogP contribution is -2.62. The van der Waals surface area contributed by atoms with Gasteiger partial charge in [0.05, 0.1) is 18.9 Å². The van der Waals surface area contributed by atoms with E-state index in [0.29, 0.717) is 37.2 Å². The van der Waals surface area contributed by atoms with E-state index in [1.807, 2.05) is 83.8 Å². The van der Waals surface area contributed by atoms with Crippen LogP contribution in [0.25, 0.3) is 21.8 Å². The average molecular weight is 952 g/mol. The third kappa shape index (κ3) is 13.7. The number of hydrogen-bond acceptors (Lipinski definition) is 10. The van der Waals surface area contributed by atoms with Crippen molar-refractivity contribution in [3.63, 3.8) is 0 Å². The molecule has 19 nitrogen and oxygen atoms in total.